The lowest BCUT2D eigenvalue weighted by Gasteiger charge is -2.31. The van der Waals surface area contributed by atoms with E-state index in [9.17, 15) is 17.6 Å². The molecule has 3 heterocycles. The number of benzene rings is 1. The molecule has 1 atom stereocenters. The number of nitrogens with zero attached hydrogens (tertiary/aromatic N) is 4. The van der Waals surface area contributed by atoms with Crippen molar-refractivity contribution >= 4 is 27.4 Å². The Morgan fingerprint density at radius 1 is 1.21 bits per heavy atom. The number of ether oxygens (including phenoxy) is 2. The van der Waals surface area contributed by atoms with Crippen LogP contribution in [0.5, 0.6) is 5.88 Å². The van der Waals surface area contributed by atoms with Crippen LogP contribution in [0.25, 0.3) is 0 Å². The highest BCUT2D eigenvalue weighted by Gasteiger charge is 2.27. The van der Waals surface area contributed by atoms with Crippen LogP contribution in [0.2, 0.25) is 0 Å². The van der Waals surface area contributed by atoms with Crippen LogP contribution < -0.4 is 9.64 Å². The summed E-state index contributed by atoms with van der Waals surface area (Å²) in [6.07, 6.45) is 3.21. The van der Waals surface area contributed by atoms with E-state index in [0.717, 1.165) is 11.3 Å². The van der Waals surface area contributed by atoms with Gasteiger partial charge in [0.05, 0.1) is 4.90 Å². The van der Waals surface area contributed by atoms with Gasteiger partial charge in [-0.3, -0.25) is 0 Å². The monoisotopic (exact) mass is 478 g/mol. The number of alkyl halides is 1. The average molecular weight is 479 g/mol. The van der Waals surface area contributed by atoms with Crippen molar-refractivity contribution in [2.45, 2.75) is 43.3 Å². The van der Waals surface area contributed by atoms with Crippen molar-refractivity contribution < 1.29 is 27.1 Å². The van der Waals surface area contributed by atoms with Crippen molar-refractivity contribution in [3.63, 3.8) is 0 Å². The molecular formula is C22H27FN4O5S. The molecule has 1 fully saturated rings. The first kappa shape index (κ1) is 23.2. The number of anilines is 2. The van der Waals surface area contributed by atoms with Gasteiger partial charge in [0.15, 0.2) is 9.84 Å². The van der Waals surface area contributed by atoms with Gasteiger partial charge in [-0.25, -0.2) is 27.6 Å². The van der Waals surface area contributed by atoms with Gasteiger partial charge in [-0.15, -0.1) is 0 Å². The minimum absolute atomic E-state index is 0.112. The van der Waals surface area contributed by atoms with Gasteiger partial charge >= 0.3 is 6.09 Å². The SMILES string of the molecule is CC(CF)OC(=O)N1CCC(Oc2cc(N3CCc4cc(S(C)(=O)=O)ccc43)ncn2)CC1. The number of fused-ring (bicyclic) bond motifs is 1. The molecule has 0 N–H and O–H groups in total. The number of carbonyl (C=O) groups is 1. The van der Waals surface area contributed by atoms with Crippen LogP contribution in [0.3, 0.4) is 0 Å². The van der Waals surface area contributed by atoms with E-state index in [1.54, 1.807) is 29.2 Å². The lowest BCUT2D eigenvalue weighted by molar-refractivity contribution is 0.0391. The molecule has 0 saturated carbocycles. The number of piperidine rings is 1. The number of hydrogen-bond donors (Lipinski definition) is 0. The number of aromatic nitrogens is 2. The maximum Gasteiger partial charge on any atom is 0.410 e. The highest BCUT2D eigenvalue weighted by molar-refractivity contribution is 7.90. The summed E-state index contributed by atoms with van der Waals surface area (Å²) < 4.78 is 47.3. The smallest absolute Gasteiger partial charge is 0.410 e. The van der Waals surface area contributed by atoms with Crippen LogP contribution in [-0.2, 0) is 21.0 Å². The molecule has 2 aromatic rings. The Hall–Kier alpha value is -2.95. The standard InChI is InChI=1S/C22H27FN4O5S/c1-15(13-23)31-22(28)26-8-6-17(7-9-26)32-21-12-20(24-14-25-21)27-10-5-16-11-18(33(2,29)30)3-4-19(16)27/h3-4,11-12,14-15,17H,5-10,13H2,1-2H3. The van der Waals surface area contributed by atoms with E-state index in [1.165, 1.54) is 19.5 Å². The number of sulfone groups is 1. The van der Waals surface area contributed by atoms with Gasteiger partial charge < -0.3 is 19.3 Å². The third-order valence-electron chi connectivity index (χ3n) is 5.79. The zero-order valence-electron chi connectivity index (χ0n) is 18.6. The van der Waals surface area contributed by atoms with Crippen LogP contribution in [0, 0.1) is 0 Å². The van der Waals surface area contributed by atoms with Crippen molar-refractivity contribution in [3.05, 3.63) is 36.2 Å². The van der Waals surface area contributed by atoms with E-state index in [2.05, 4.69) is 9.97 Å². The van der Waals surface area contributed by atoms with Crippen LogP contribution in [0.15, 0.2) is 35.5 Å². The molecule has 0 bridgehead atoms. The molecular weight excluding hydrogens is 451 g/mol. The van der Waals surface area contributed by atoms with Crippen molar-refractivity contribution in [1.29, 1.82) is 0 Å². The molecule has 1 aromatic heterocycles. The second kappa shape index (κ2) is 9.50. The fourth-order valence-corrected chi connectivity index (χ4v) is 4.67. The Morgan fingerprint density at radius 2 is 1.97 bits per heavy atom. The van der Waals surface area contributed by atoms with Crippen LogP contribution in [-0.4, -0.2) is 74.2 Å². The zero-order valence-corrected chi connectivity index (χ0v) is 19.4. The number of carbonyl (C=O) groups excluding carboxylic acids is 1. The molecule has 9 nitrogen and oxygen atoms in total. The van der Waals surface area contributed by atoms with E-state index in [0.29, 0.717) is 55.5 Å². The van der Waals surface area contributed by atoms with Gasteiger partial charge in [0.2, 0.25) is 5.88 Å². The molecule has 178 valence electrons. The molecule has 0 aliphatic carbocycles. The Morgan fingerprint density at radius 3 is 2.67 bits per heavy atom. The van der Waals surface area contributed by atoms with E-state index < -0.39 is 28.7 Å². The van der Waals surface area contributed by atoms with E-state index in [1.807, 2.05) is 4.90 Å². The Labute approximate surface area is 192 Å². The third kappa shape index (κ3) is 5.35. The number of rotatable bonds is 6. The quantitative estimate of drug-likeness (QED) is 0.625. The van der Waals surface area contributed by atoms with E-state index in [4.69, 9.17) is 9.47 Å². The number of halogens is 1. The predicted octanol–water partition coefficient (Wildman–Crippen LogP) is 2.91. The molecule has 11 heteroatoms. The molecule has 2 aliphatic rings. The number of likely N-dealkylation sites (tertiary alicyclic amines) is 1. The minimum atomic E-state index is -3.26. The van der Waals surface area contributed by atoms with Crippen molar-refractivity contribution in [2.75, 3.05) is 37.5 Å². The van der Waals surface area contributed by atoms with Crippen LogP contribution in [0.1, 0.15) is 25.3 Å². The van der Waals surface area contributed by atoms with Crippen LogP contribution in [0.4, 0.5) is 20.7 Å². The third-order valence-corrected chi connectivity index (χ3v) is 6.90. The van der Waals surface area contributed by atoms with Gasteiger partial charge in [-0.2, -0.15) is 0 Å². The lowest BCUT2D eigenvalue weighted by atomic mass is 10.1. The highest BCUT2D eigenvalue weighted by atomic mass is 32.2. The Kier molecular flexibility index (Phi) is 6.68. The van der Waals surface area contributed by atoms with Gasteiger partial charge in [0.25, 0.3) is 0 Å². The van der Waals surface area contributed by atoms with Gasteiger partial charge in [-0.1, -0.05) is 0 Å². The molecule has 4 rings (SSSR count). The Bertz CT molecular complexity index is 1120. The topological polar surface area (TPSA) is 102 Å². The molecule has 1 unspecified atom stereocenters. The second-order valence-electron chi connectivity index (χ2n) is 8.33. The fourth-order valence-electron chi connectivity index (χ4n) is 3.99. The zero-order chi connectivity index (χ0) is 23.6. The van der Waals surface area contributed by atoms with Crippen molar-refractivity contribution in [3.8, 4) is 5.88 Å². The first-order valence-corrected chi connectivity index (χ1v) is 12.7. The Balaban J connectivity index is 1.39. The van der Waals surface area contributed by atoms with Gasteiger partial charge in [0.1, 0.15) is 31.0 Å². The molecule has 0 spiro atoms. The highest BCUT2D eigenvalue weighted by Crippen LogP contribution is 2.35. The summed E-state index contributed by atoms with van der Waals surface area (Å²) in [5.41, 5.74) is 1.88. The largest absolute Gasteiger partial charge is 0.474 e. The summed E-state index contributed by atoms with van der Waals surface area (Å²) in [6.45, 7) is 2.41. The number of amides is 1. The minimum Gasteiger partial charge on any atom is -0.474 e. The fraction of sp³-hybridized carbons (Fsp3) is 0.500. The summed E-state index contributed by atoms with van der Waals surface area (Å²) in [7, 11) is -3.26. The number of hydrogen-bond acceptors (Lipinski definition) is 8. The maximum absolute atomic E-state index is 12.6. The van der Waals surface area contributed by atoms with Crippen LogP contribution >= 0.6 is 0 Å². The van der Waals surface area contributed by atoms with E-state index >= 15 is 0 Å². The molecule has 1 saturated heterocycles. The first-order valence-electron chi connectivity index (χ1n) is 10.9. The maximum atomic E-state index is 12.6. The first-order chi connectivity index (χ1) is 15.7. The second-order valence-corrected chi connectivity index (χ2v) is 10.3. The average Bonchev–Trinajstić information content (AvgIpc) is 3.22. The molecule has 2 aliphatic heterocycles. The normalized spacial score (nSPS) is 17.5. The molecule has 0 radical (unpaired) electrons. The summed E-state index contributed by atoms with van der Waals surface area (Å²) in [5, 5.41) is 0. The summed E-state index contributed by atoms with van der Waals surface area (Å²) in [5.74, 6) is 1.11. The lowest BCUT2D eigenvalue weighted by Crippen LogP contribution is -2.43. The predicted molar refractivity (Wildman–Crippen MR) is 119 cm³/mol. The summed E-state index contributed by atoms with van der Waals surface area (Å²) in [6, 6.07) is 6.90. The van der Waals surface area contributed by atoms with Crippen molar-refractivity contribution in [1.82, 2.24) is 14.9 Å². The molecule has 33 heavy (non-hydrogen) atoms. The molecule has 1 aromatic carbocycles. The van der Waals surface area contributed by atoms with Gasteiger partial charge in [0, 0.05) is 50.5 Å². The molecule has 1 amide bonds. The summed E-state index contributed by atoms with van der Waals surface area (Å²) in [4.78, 5) is 24.5. The van der Waals surface area contributed by atoms with E-state index in [-0.39, 0.29) is 6.10 Å². The summed E-state index contributed by atoms with van der Waals surface area (Å²) >= 11 is 0. The van der Waals surface area contributed by atoms with Crippen molar-refractivity contribution in [2.24, 2.45) is 0 Å². The van der Waals surface area contributed by atoms with Gasteiger partial charge in [-0.05, 0) is 37.1 Å².